The molecule has 1 heterocycles. The Bertz CT molecular complexity index is 371. The molecule has 0 atom stereocenters. The number of rotatable bonds is 4. The molecule has 0 radical (unpaired) electrons. The number of likely N-dealkylation sites (tertiary alicyclic amines) is 1. The molecule has 3 heteroatoms. The van der Waals surface area contributed by atoms with Gasteiger partial charge in [-0.3, -0.25) is 4.79 Å². The summed E-state index contributed by atoms with van der Waals surface area (Å²) >= 11 is 0. The predicted octanol–water partition coefficient (Wildman–Crippen LogP) is -0.106. The van der Waals surface area contributed by atoms with E-state index in [1.807, 2.05) is 30.3 Å². The summed E-state index contributed by atoms with van der Waals surface area (Å²) in [7, 11) is 2.29. The highest BCUT2D eigenvalue weighted by Crippen LogP contribution is 2.17. The Morgan fingerprint density at radius 1 is 1.11 bits per heavy atom. The van der Waals surface area contributed by atoms with Crippen LogP contribution in [0.4, 0.5) is 0 Å². The van der Waals surface area contributed by atoms with Crippen LogP contribution in [0.3, 0.4) is 0 Å². The second-order valence-corrected chi connectivity index (χ2v) is 5.39. The number of Topliss-reactive ketones (excluding diaryl/α,β-unsaturated/α-hetero) is 1. The van der Waals surface area contributed by atoms with Gasteiger partial charge in [0.25, 0.3) is 0 Å². The lowest BCUT2D eigenvalue weighted by molar-refractivity contribution is -0.913. The zero-order valence-electron chi connectivity index (χ0n) is 11.1. The van der Waals surface area contributed by atoms with Crippen LogP contribution in [-0.4, -0.2) is 36.9 Å². The van der Waals surface area contributed by atoms with Gasteiger partial charge in [0, 0.05) is 5.56 Å². The molecule has 0 bridgehead atoms. The normalized spacial score (nSPS) is 17.8. The van der Waals surface area contributed by atoms with Crippen molar-refractivity contribution < 1.29 is 26.3 Å². The van der Waals surface area contributed by atoms with E-state index in [1.165, 1.54) is 32.4 Å². The molecule has 1 aromatic carbocycles. The Balaban J connectivity index is 0.00000162. The Labute approximate surface area is 120 Å². The van der Waals surface area contributed by atoms with Gasteiger partial charge in [-0.15, -0.1) is 0 Å². The van der Waals surface area contributed by atoms with Gasteiger partial charge >= 0.3 is 0 Å². The molecule has 0 unspecified atom stereocenters. The summed E-state index contributed by atoms with van der Waals surface area (Å²) in [6.45, 7) is 3.47. The lowest BCUT2D eigenvalue weighted by Gasteiger charge is -2.37. The lowest BCUT2D eigenvalue weighted by atomic mass is 10.0. The number of hydrogen-bond donors (Lipinski definition) is 0. The van der Waals surface area contributed by atoms with E-state index in [4.69, 9.17) is 0 Å². The van der Waals surface area contributed by atoms with Crippen molar-refractivity contribution in [2.24, 2.45) is 0 Å². The number of halogens is 1. The average Bonchev–Trinajstić information content (AvgIpc) is 2.38. The second kappa shape index (κ2) is 7.05. The van der Waals surface area contributed by atoms with E-state index in [2.05, 4.69) is 7.05 Å². The fraction of sp³-hybridized carbons (Fsp3) is 0.533. The minimum atomic E-state index is 0. The molecule has 1 aliphatic heterocycles. The van der Waals surface area contributed by atoms with Gasteiger partial charge in [0.05, 0.1) is 33.1 Å². The van der Waals surface area contributed by atoms with Crippen LogP contribution < -0.4 is 17.0 Å². The van der Waals surface area contributed by atoms with Gasteiger partial charge < -0.3 is 21.5 Å². The molecule has 2 nitrogen and oxygen atoms in total. The summed E-state index contributed by atoms with van der Waals surface area (Å²) in [6.07, 6.45) is 4.67. The summed E-state index contributed by atoms with van der Waals surface area (Å²) in [5.41, 5.74) is 0.858. The number of benzene rings is 1. The number of carbonyl (C=O) groups is 1. The summed E-state index contributed by atoms with van der Waals surface area (Å²) in [5.74, 6) is 0.288. The number of hydrogen-bond acceptors (Lipinski definition) is 1. The maximum atomic E-state index is 12.0. The first-order valence-corrected chi connectivity index (χ1v) is 6.61. The number of nitrogens with zero attached hydrogens (tertiary/aromatic N) is 1. The van der Waals surface area contributed by atoms with E-state index in [1.54, 1.807) is 0 Å². The molecule has 1 aliphatic rings. The van der Waals surface area contributed by atoms with Gasteiger partial charge in [-0.1, -0.05) is 30.3 Å². The van der Waals surface area contributed by atoms with Crippen LogP contribution >= 0.6 is 0 Å². The molecule has 18 heavy (non-hydrogen) atoms. The van der Waals surface area contributed by atoms with E-state index in [9.17, 15) is 4.79 Å². The van der Waals surface area contributed by atoms with Crippen LogP contribution in [0.5, 0.6) is 0 Å². The van der Waals surface area contributed by atoms with Crippen molar-refractivity contribution in [3.63, 3.8) is 0 Å². The van der Waals surface area contributed by atoms with Crippen molar-refractivity contribution in [1.82, 2.24) is 0 Å². The van der Waals surface area contributed by atoms with Crippen LogP contribution in [0.1, 0.15) is 36.0 Å². The largest absolute Gasteiger partial charge is 1.00 e. The first-order valence-electron chi connectivity index (χ1n) is 6.61. The maximum Gasteiger partial charge on any atom is 0.168 e. The summed E-state index contributed by atoms with van der Waals surface area (Å²) < 4.78 is 1.08. The Morgan fingerprint density at radius 2 is 1.72 bits per heavy atom. The highest BCUT2D eigenvalue weighted by Gasteiger charge is 2.25. The summed E-state index contributed by atoms with van der Waals surface area (Å²) in [6, 6.07) is 9.65. The fourth-order valence-corrected chi connectivity index (χ4v) is 2.64. The molecule has 0 aliphatic carbocycles. The molecule has 0 spiro atoms. The fourth-order valence-electron chi connectivity index (χ4n) is 2.64. The second-order valence-electron chi connectivity index (χ2n) is 5.39. The summed E-state index contributed by atoms with van der Waals surface area (Å²) in [4.78, 5) is 12.0. The van der Waals surface area contributed by atoms with E-state index in [0.717, 1.165) is 16.6 Å². The molecule has 1 fully saturated rings. The van der Waals surface area contributed by atoms with Gasteiger partial charge in [0.1, 0.15) is 0 Å². The molecule has 1 saturated heterocycles. The number of quaternary nitrogens is 1. The van der Waals surface area contributed by atoms with Crippen molar-refractivity contribution in [2.45, 2.75) is 25.7 Å². The van der Waals surface area contributed by atoms with Gasteiger partial charge in [-0.05, 0) is 19.3 Å². The Hall–Kier alpha value is -0.670. The highest BCUT2D eigenvalue weighted by atomic mass is 79.9. The van der Waals surface area contributed by atoms with E-state index < -0.39 is 0 Å². The smallest absolute Gasteiger partial charge is 0.168 e. The molecular weight excluding hydrogens is 290 g/mol. The van der Waals surface area contributed by atoms with Gasteiger partial charge in [0.15, 0.2) is 5.78 Å². The molecule has 0 aromatic heterocycles. The van der Waals surface area contributed by atoms with E-state index in [0.29, 0.717) is 6.42 Å². The molecule has 100 valence electrons. The van der Waals surface area contributed by atoms with E-state index in [-0.39, 0.29) is 22.8 Å². The topological polar surface area (TPSA) is 17.1 Å². The third-order valence-electron chi connectivity index (χ3n) is 3.87. The standard InChI is InChI=1S/C15H22NO.BrH/c1-16(11-6-3-7-12-16)13-10-15(17)14-8-4-2-5-9-14;/h2,4-5,8-9H,3,6-7,10-13H2,1H3;1H/q+1;/p-1. The van der Waals surface area contributed by atoms with Crippen molar-refractivity contribution in [2.75, 3.05) is 26.7 Å². The quantitative estimate of drug-likeness (QED) is 0.560. The molecule has 0 saturated carbocycles. The number of piperidine rings is 1. The van der Waals surface area contributed by atoms with Crippen molar-refractivity contribution in [3.05, 3.63) is 35.9 Å². The minimum absolute atomic E-state index is 0. The maximum absolute atomic E-state index is 12.0. The molecular formula is C15H22BrNO. The predicted molar refractivity (Wildman–Crippen MR) is 70.0 cm³/mol. The lowest BCUT2D eigenvalue weighted by Crippen LogP contribution is -3.00. The minimum Gasteiger partial charge on any atom is -1.00 e. The first kappa shape index (κ1) is 15.4. The van der Waals surface area contributed by atoms with Gasteiger partial charge in [-0.25, -0.2) is 0 Å². The summed E-state index contributed by atoms with van der Waals surface area (Å²) in [5, 5.41) is 0. The number of ketones is 1. The zero-order chi connectivity index (χ0) is 12.1. The SMILES string of the molecule is C[N+]1(CCC(=O)c2ccccc2)CCCCC1.[Br-]. The Morgan fingerprint density at radius 3 is 2.33 bits per heavy atom. The van der Waals surface area contributed by atoms with Crippen molar-refractivity contribution >= 4 is 5.78 Å². The van der Waals surface area contributed by atoms with E-state index >= 15 is 0 Å². The third-order valence-corrected chi connectivity index (χ3v) is 3.87. The number of carbonyl (C=O) groups excluding carboxylic acids is 1. The van der Waals surface area contributed by atoms with Crippen LogP contribution in [0.2, 0.25) is 0 Å². The molecule has 1 aromatic rings. The van der Waals surface area contributed by atoms with Crippen molar-refractivity contribution in [3.8, 4) is 0 Å². The van der Waals surface area contributed by atoms with Gasteiger partial charge in [0.2, 0.25) is 0 Å². The van der Waals surface area contributed by atoms with Gasteiger partial charge in [-0.2, -0.15) is 0 Å². The molecule has 0 N–H and O–H groups in total. The Kier molecular flexibility index (Phi) is 6.03. The monoisotopic (exact) mass is 311 g/mol. The first-order chi connectivity index (χ1) is 8.20. The third kappa shape index (κ3) is 4.21. The molecule has 2 rings (SSSR count). The average molecular weight is 312 g/mol. The van der Waals surface area contributed by atoms with Crippen LogP contribution in [0.15, 0.2) is 30.3 Å². The van der Waals surface area contributed by atoms with Crippen LogP contribution in [-0.2, 0) is 0 Å². The van der Waals surface area contributed by atoms with Crippen LogP contribution in [0, 0.1) is 0 Å². The zero-order valence-corrected chi connectivity index (χ0v) is 12.7. The van der Waals surface area contributed by atoms with Crippen LogP contribution in [0.25, 0.3) is 0 Å². The highest BCUT2D eigenvalue weighted by molar-refractivity contribution is 5.96. The molecule has 0 amide bonds. The van der Waals surface area contributed by atoms with Crippen molar-refractivity contribution in [1.29, 1.82) is 0 Å².